The fourth-order valence-electron chi connectivity index (χ4n) is 1.63. The minimum absolute atomic E-state index is 0.0865. The van der Waals surface area contributed by atoms with Crippen LogP contribution in [-0.4, -0.2) is 35.8 Å². The fourth-order valence-corrected chi connectivity index (χ4v) is 3.30. The maximum absolute atomic E-state index is 11.4. The zero-order valence-electron chi connectivity index (χ0n) is 11.4. The summed E-state index contributed by atoms with van der Waals surface area (Å²) in [4.78, 5) is 0.223. The molecule has 0 amide bonds. The SMILES string of the molecule is CCC[Si]CCCNc1cc(S(C)(=O)=O)ccc1O. The van der Waals surface area contributed by atoms with Gasteiger partial charge in [0.2, 0.25) is 0 Å². The molecule has 6 heteroatoms. The second kappa shape index (κ2) is 7.55. The molecule has 0 bridgehead atoms. The normalized spacial score (nSPS) is 11.5. The maximum atomic E-state index is 11.4. The van der Waals surface area contributed by atoms with Crippen LogP contribution in [0.3, 0.4) is 0 Å². The molecule has 0 aliphatic heterocycles. The topological polar surface area (TPSA) is 66.4 Å². The molecule has 0 saturated carbocycles. The number of anilines is 1. The number of benzene rings is 1. The van der Waals surface area contributed by atoms with Gasteiger partial charge in [-0.05, 0) is 24.6 Å². The largest absolute Gasteiger partial charge is 0.506 e. The minimum atomic E-state index is -3.23. The van der Waals surface area contributed by atoms with Crippen LogP contribution in [0.25, 0.3) is 0 Å². The average molecular weight is 299 g/mol. The van der Waals surface area contributed by atoms with Gasteiger partial charge in [0.1, 0.15) is 5.75 Å². The van der Waals surface area contributed by atoms with Crippen LogP contribution in [0.5, 0.6) is 5.75 Å². The van der Waals surface area contributed by atoms with Gasteiger partial charge in [0.05, 0.1) is 10.6 Å². The predicted octanol–water partition coefficient (Wildman–Crippen LogP) is 2.55. The summed E-state index contributed by atoms with van der Waals surface area (Å²) in [5.74, 6) is 0.0865. The van der Waals surface area contributed by atoms with Crippen LogP contribution in [0.15, 0.2) is 23.1 Å². The van der Waals surface area contributed by atoms with Gasteiger partial charge in [0.15, 0.2) is 9.84 Å². The first-order valence-electron chi connectivity index (χ1n) is 6.43. The quantitative estimate of drug-likeness (QED) is 0.440. The van der Waals surface area contributed by atoms with Gasteiger partial charge in [-0.2, -0.15) is 0 Å². The van der Waals surface area contributed by atoms with Gasteiger partial charge in [-0.3, -0.25) is 0 Å². The highest BCUT2D eigenvalue weighted by atomic mass is 32.2. The van der Waals surface area contributed by atoms with Gasteiger partial charge in [-0.25, -0.2) is 8.42 Å². The number of sulfone groups is 1. The van der Waals surface area contributed by atoms with E-state index < -0.39 is 9.84 Å². The molecule has 0 heterocycles. The molecule has 0 aromatic heterocycles. The molecule has 2 N–H and O–H groups in total. The van der Waals surface area contributed by atoms with Crippen LogP contribution in [0, 0.1) is 0 Å². The van der Waals surface area contributed by atoms with E-state index in [9.17, 15) is 13.5 Å². The lowest BCUT2D eigenvalue weighted by atomic mass is 10.3. The summed E-state index contributed by atoms with van der Waals surface area (Å²) in [7, 11) is -2.25. The Morgan fingerprint density at radius 3 is 2.68 bits per heavy atom. The summed E-state index contributed by atoms with van der Waals surface area (Å²) in [6.45, 7) is 2.93. The summed E-state index contributed by atoms with van der Waals surface area (Å²) in [5, 5.41) is 12.8. The Bertz CT molecular complexity index is 503. The molecule has 106 valence electrons. The van der Waals surface area contributed by atoms with Crippen LogP contribution in [-0.2, 0) is 9.84 Å². The monoisotopic (exact) mass is 299 g/mol. The molecule has 2 radical (unpaired) electrons. The lowest BCUT2D eigenvalue weighted by Crippen LogP contribution is -2.04. The zero-order valence-corrected chi connectivity index (χ0v) is 13.3. The number of phenols is 1. The van der Waals surface area contributed by atoms with Crippen LogP contribution in [0.4, 0.5) is 5.69 Å². The molecule has 4 nitrogen and oxygen atoms in total. The summed E-state index contributed by atoms with van der Waals surface area (Å²) < 4.78 is 22.9. The number of hydrogen-bond acceptors (Lipinski definition) is 4. The standard InChI is InChI=1S/C13H21NO3SSi/c1-3-8-19-9-4-7-14-12-10-11(18(2,16)17)5-6-13(12)15/h5-6,10,14-15H,3-4,7-9H2,1-2H3. The van der Waals surface area contributed by atoms with E-state index in [-0.39, 0.29) is 10.6 Å². The van der Waals surface area contributed by atoms with Crippen molar-refractivity contribution < 1.29 is 13.5 Å². The number of phenolic OH excluding ortho intramolecular Hbond substituents is 1. The van der Waals surface area contributed by atoms with Crippen molar-refractivity contribution in [3.63, 3.8) is 0 Å². The minimum Gasteiger partial charge on any atom is -0.506 e. The van der Waals surface area contributed by atoms with Crippen LogP contribution >= 0.6 is 0 Å². The molecule has 0 unspecified atom stereocenters. The Kier molecular flexibility index (Phi) is 6.37. The van der Waals surface area contributed by atoms with Crippen molar-refractivity contribution in [2.45, 2.75) is 36.7 Å². The lowest BCUT2D eigenvalue weighted by Gasteiger charge is -2.09. The number of hydrogen-bond donors (Lipinski definition) is 2. The van der Waals surface area contributed by atoms with Gasteiger partial charge in [-0.15, -0.1) is 0 Å². The van der Waals surface area contributed by atoms with Crippen molar-refractivity contribution in [3.05, 3.63) is 18.2 Å². The molecule has 0 spiro atoms. The first-order chi connectivity index (χ1) is 8.95. The van der Waals surface area contributed by atoms with Crippen LogP contribution in [0.1, 0.15) is 19.8 Å². The molecular formula is C13H21NO3SSi. The molecule has 0 saturated heterocycles. The first kappa shape index (κ1) is 16.0. The smallest absolute Gasteiger partial charge is 0.175 e. The Morgan fingerprint density at radius 2 is 2.05 bits per heavy atom. The van der Waals surface area contributed by atoms with Crippen molar-refractivity contribution in [2.24, 2.45) is 0 Å². The Hall–Kier alpha value is -1.01. The van der Waals surface area contributed by atoms with Gasteiger partial charge in [0.25, 0.3) is 0 Å². The molecule has 1 aromatic rings. The fraction of sp³-hybridized carbons (Fsp3) is 0.538. The molecule has 19 heavy (non-hydrogen) atoms. The Balaban J connectivity index is 2.53. The van der Waals surface area contributed by atoms with E-state index in [4.69, 9.17) is 0 Å². The van der Waals surface area contributed by atoms with E-state index in [2.05, 4.69) is 12.2 Å². The summed E-state index contributed by atoms with van der Waals surface area (Å²) in [6, 6.07) is 6.76. The highest BCUT2D eigenvalue weighted by molar-refractivity contribution is 7.90. The highest BCUT2D eigenvalue weighted by Gasteiger charge is 2.10. The average Bonchev–Trinajstić information content (AvgIpc) is 2.34. The summed E-state index contributed by atoms with van der Waals surface area (Å²) >= 11 is 0. The predicted molar refractivity (Wildman–Crippen MR) is 80.0 cm³/mol. The Morgan fingerprint density at radius 1 is 1.32 bits per heavy atom. The van der Waals surface area contributed by atoms with E-state index in [1.165, 1.54) is 36.7 Å². The molecule has 0 aliphatic rings. The molecule has 0 fully saturated rings. The molecule has 0 atom stereocenters. The highest BCUT2D eigenvalue weighted by Crippen LogP contribution is 2.26. The number of nitrogens with one attached hydrogen (secondary N) is 1. The van der Waals surface area contributed by atoms with Crippen molar-refractivity contribution in [1.29, 1.82) is 0 Å². The third kappa shape index (κ3) is 5.65. The van der Waals surface area contributed by atoms with Crippen LogP contribution in [0.2, 0.25) is 12.1 Å². The maximum Gasteiger partial charge on any atom is 0.175 e. The van der Waals surface area contributed by atoms with Crippen molar-refractivity contribution in [1.82, 2.24) is 0 Å². The van der Waals surface area contributed by atoms with Crippen molar-refractivity contribution in [3.8, 4) is 5.75 Å². The number of aromatic hydroxyl groups is 1. The van der Waals surface area contributed by atoms with Gasteiger partial charge >= 0.3 is 0 Å². The summed E-state index contributed by atoms with van der Waals surface area (Å²) in [5.41, 5.74) is 0.488. The second-order valence-electron chi connectivity index (χ2n) is 4.48. The summed E-state index contributed by atoms with van der Waals surface area (Å²) in [6.07, 6.45) is 3.42. The van der Waals surface area contributed by atoms with Crippen molar-refractivity contribution in [2.75, 3.05) is 18.1 Å². The van der Waals surface area contributed by atoms with E-state index in [0.717, 1.165) is 28.7 Å². The molecule has 1 aromatic carbocycles. The lowest BCUT2D eigenvalue weighted by molar-refractivity contribution is 0.476. The Labute approximate surface area is 118 Å². The third-order valence-electron chi connectivity index (χ3n) is 2.67. The third-order valence-corrected chi connectivity index (χ3v) is 5.34. The molecule has 1 rings (SSSR count). The molecular weight excluding hydrogens is 278 g/mol. The number of rotatable bonds is 8. The second-order valence-corrected chi connectivity index (χ2v) is 8.00. The van der Waals surface area contributed by atoms with E-state index in [0.29, 0.717) is 5.69 Å². The van der Waals surface area contributed by atoms with E-state index in [1.54, 1.807) is 0 Å². The van der Waals surface area contributed by atoms with Gasteiger partial charge < -0.3 is 10.4 Å². The van der Waals surface area contributed by atoms with Gasteiger partial charge in [-0.1, -0.05) is 25.4 Å². The first-order valence-corrected chi connectivity index (χ1v) is 9.73. The molecule has 0 aliphatic carbocycles. The van der Waals surface area contributed by atoms with E-state index in [1.807, 2.05) is 0 Å². The van der Waals surface area contributed by atoms with Crippen molar-refractivity contribution >= 4 is 25.0 Å². The van der Waals surface area contributed by atoms with E-state index >= 15 is 0 Å². The van der Waals surface area contributed by atoms with Gasteiger partial charge in [0, 0.05) is 22.3 Å². The van der Waals surface area contributed by atoms with Crippen LogP contribution < -0.4 is 5.32 Å². The zero-order chi connectivity index (χ0) is 14.3.